The number of aryl methyl sites for hydroxylation is 1. The number of methoxy groups -OCH3 is 1. The maximum atomic E-state index is 12.8. The largest absolute Gasteiger partial charge is 0.495 e. The highest BCUT2D eigenvalue weighted by Gasteiger charge is 2.31. The Morgan fingerprint density at radius 2 is 1.76 bits per heavy atom. The molecule has 1 aromatic carbocycles. The summed E-state index contributed by atoms with van der Waals surface area (Å²) < 4.78 is 43.0. The summed E-state index contributed by atoms with van der Waals surface area (Å²) in [7, 11) is -2.27. The molecule has 0 spiro atoms. The minimum atomic E-state index is -3.72. The molecule has 180 valence electrons. The van der Waals surface area contributed by atoms with Gasteiger partial charge in [0.25, 0.3) is 5.91 Å². The Hall–Kier alpha value is -3.05. The van der Waals surface area contributed by atoms with Crippen LogP contribution in [0.3, 0.4) is 0 Å². The summed E-state index contributed by atoms with van der Waals surface area (Å²) in [6, 6.07) is 5.88. The van der Waals surface area contributed by atoms with E-state index in [1.54, 1.807) is 32.9 Å². The highest BCUT2D eigenvalue weighted by Crippen LogP contribution is 2.30. The van der Waals surface area contributed by atoms with E-state index in [0.717, 1.165) is 12.8 Å². The van der Waals surface area contributed by atoms with E-state index in [9.17, 15) is 18.0 Å². The highest BCUT2D eigenvalue weighted by atomic mass is 32.2. The van der Waals surface area contributed by atoms with E-state index in [4.69, 9.17) is 13.9 Å². The van der Waals surface area contributed by atoms with Crippen LogP contribution in [0, 0.1) is 6.92 Å². The van der Waals surface area contributed by atoms with Gasteiger partial charge in [-0.05, 0) is 58.7 Å². The van der Waals surface area contributed by atoms with Crippen LogP contribution >= 0.6 is 0 Å². The van der Waals surface area contributed by atoms with Gasteiger partial charge < -0.3 is 19.2 Å². The third-order valence-electron chi connectivity index (χ3n) is 4.87. The SMILES string of the molecule is COc1ccc(NC(=O)c2cc(S(=O)(=O)N3CCCC3)c(C)o2)cc1NC(=O)OC(C)(C)C. The first kappa shape index (κ1) is 24.6. The van der Waals surface area contributed by atoms with Crippen molar-refractivity contribution in [3.8, 4) is 5.75 Å². The summed E-state index contributed by atoms with van der Waals surface area (Å²) in [5, 5.41) is 5.23. The van der Waals surface area contributed by atoms with Gasteiger partial charge in [0.15, 0.2) is 5.76 Å². The monoisotopic (exact) mass is 479 g/mol. The molecule has 1 fully saturated rings. The Morgan fingerprint density at radius 1 is 1.09 bits per heavy atom. The smallest absolute Gasteiger partial charge is 0.412 e. The van der Waals surface area contributed by atoms with Crippen LogP contribution in [-0.2, 0) is 14.8 Å². The fraction of sp³-hybridized carbons (Fsp3) is 0.455. The number of nitrogens with one attached hydrogen (secondary N) is 2. The van der Waals surface area contributed by atoms with Crippen molar-refractivity contribution in [2.24, 2.45) is 0 Å². The Bertz CT molecular complexity index is 1140. The second kappa shape index (κ2) is 9.44. The Morgan fingerprint density at radius 3 is 2.36 bits per heavy atom. The normalized spacial score (nSPS) is 14.7. The van der Waals surface area contributed by atoms with Gasteiger partial charge in [0, 0.05) is 24.8 Å². The predicted octanol–water partition coefficient (Wildman–Crippen LogP) is 3.98. The minimum Gasteiger partial charge on any atom is -0.495 e. The van der Waals surface area contributed by atoms with Crippen LogP contribution in [0.4, 0.5) is 16.2 Å². The van der Waals surface area contributed by atoms with E-state index in [2.05, 4.69) is 10.6 Å². The van der Waals surface area contributed by atoms with Gasteiger partial charge >= 0.3 is 6.09 Å². The number of hydrogen-bond donors (Lipinski definition) is 2. The van der Waals surface area contributed by atoms with Crippen molar-refractivity contribution in [3.05, 3.63) is 35.8 Å². The molecule has 2 heterocycles. The van der Waals surface area contributed by atoms with Crippen LogP contribution in [0.2, 0.25) is 0 Å². The number of amides is 2. The molecule has 0 radical (unpaired) electrons. The third-order valence-corrected chi connectivity index (χ3v) is 6.88. The van der Waals surface area contributed by atoms with Gasteiger partial charge in [-0.3, -0.25) is 10.1 Å². The standard InChI is InChI=1S/C22H29N3O7S/c1-14-19(33(28,29)25-10-6-7-11-25)13-18(31-14)20(26)23-15-8-9-17(30-5)16(12-15)24-21(27)32-22(2,3)4/h8-9,12-13H,6-7,10-11H2,1-5H3,(H,23,26)(H,24,27). The van der Waals surface area contributed by atoms with Crippen molar-refractivity contribution in [1.29, 1.82) is 0 Å². The molecule has 2 N–H and O–H groups in total. The number of carbonyl (C=O) groups excluding carboxylic acids is 2. The molecular formula is C22H29N3O7S. The van der Waals surface area contributed by atoms with Crippen LogP contribution in [0.25, 0.3) is 0 Å². The van der Waals surface area contributed by atoms with Crippen LogP contribution in [0.15, 0.2) is 33.6 Å². The van der Waals surface area contributed by atoms with Crippen molar-refractivity contribution >= 4 is 33.4 Å². The number of rotatable bonds is 6. The average molecular weight is 480 g/mol. The number of ether oxygens (including phenoxy) is 2. The second-order valence-corrected chi connectivity index (χ2v) is 10.5. The fourth-order valence-electron chi connectivity index (χ4n) is 3.39. The average Bonchev–Trinajstić information content (AvgIpc) is 3.37. The molecule has 1 aliphatic heterocycles. The Labute approximate surface area is 193 Å². The molecular weight excluding hydrogens is 450 g/mol. The molecule has 0 saturated carbocycles. The van der Waals surface area contributed by atoms with E-state index >= 15 is 0 Å². The molecule has 10 nitrogen and oxygen atoms in total. The molecule has 1 aromatic heterocycles. The number of carbonyl (C=O) groups is 2. The molecule has 0 unspecified atom stereocenters. The molecule has 0 bridgehead atoms. The molecule has 2 amide bonds. The first-order chi connectivity index (χ1) is 15.4. The van der Waals surface area contributed by atoms with E-state index < -0.39 is 27.6 Å². The molecule has 1 aliphatic rings. The van der Waals surface area contributed by atoms with Gasteiger partial charge in [0.05, 0.1) is 12.8 Å². The lowest BCUT2D eigenvalue weighted by molar-refractivity contribution is 0.0635. The maximum Gasteiger partial charge on any atom is 0.412 e. The van der Waals surface area contributed by atoms with Crippen molar-refractivity contribution < 1.29 is 31.9 Å². The predicted molar refractivity (Wildman–Crippen MR) is 122 cm³/mol. The molecule has 11 heteroatoms. The third kappa shape index (κ3) is 5.85. The van der Waals surface area contributed by atoms with Gasteiger partial charge in [-0.2, -0.15) is 4.31 Å². The molecule has 33 heavy (non-hydrogen) atoms. The minimum absolute atomic E-state index is 0.0171. The van der Waals surface area contributed by atoms with Crippen LogP contribution < -0.4 is 15.4 Å². The van der Waals surface area contributed by atoms with Crippen LogP contribution in [-0.4, -0.2) is 50.5 Å². The number of sulfonamides is 1. The molecule has 2 aromatic rings. The highest BCUT2D eigenvalue weighted by molar-refractivity contribution is 7.89. The van der Waals surface area contributed by atoms with Crippen LogP contribution in [0.5, 0.6) is 5.75 Å². The summed E-state index contributed by atoms with van der Waals surface area (Å²) in [6.07, 6.45) is 0.934. The zero-order chi connectivity index (χ0) is 24.4. The molecule has 1 saturated heterocycles. The van der Waals surface area contributed by atoms with Crippen molar-refractivity contribution in [1.82, 2.24) is 4.31 Å². The number of furan rings is 1. The topological polar surface area (TPSA) is 127 Å². The van der Waals surface area contributed by atoms with Crippen molar-refractivity contribution in [2.45, 2.75) is 51.0 Å². The van der Waals surface area contributed by atoms with Gasteiger partial charge in [-0.1, -0.05) is 0 Å². The van der Waals surface area contributed by atoms with Gasteiger partial charge in [0.1, 0.15) is 22.0 Å². The first-order valence-corrected chi connectivity index (χ1v) is 11.9. The zero-order valence-electron chi connectivity index (χ0n) is 19.4. The quantitative estimate of drug-likeness (QED) is 0.641. The van der Waals surface area contributed by atoms with E-state index in [0.29, 0.717) is 24.5 Å². The number of benzene rings is 1. The summed E-state index contributed by atoms with van der Waals surface area (Å²) in [6.45, 7) is 7.63. The number of anilines is 2. The fourth-order valence-corrected chi connectivity index (χ4v) is 5.07. The summed E-state index contributed by atoms with van der Waals surface area (Å²) >= 11 is 0. The second-order valence-electron chi connectivity index (χ2n) is 8.64. The lowest BCUT2D eigenvalue weighted by Crippen LogP contribution is -2.28. The summed E-state index contributed by atoms with van der Waals surface area (Å²) in [5.41, 5.74) is -0.0599. The molecule has 0 atom stereocenters. The van der Waals surface area contributed by atoms with Crippen molar-refractivity contribution in [2.75, 3.05) is 30.8 Å². The number of nitrogens with zero attached hydrogens (tertiary/aromatic N) is 1. The number of hydrogen-bond acceptors (Lipinski definition) is 7. The Balaban J connectivity index is 1.78. The molecule has 3 rings (SSSR count). The first-order valence-electron chi connectivity index (χ1n) is 10.5. The Kier molecular flexibility index (Phi) is 7.03. The van der Waals surface area contributed by atoms with Gasteiger partial charge in [0.2, 0.25) is 10.0 Å². The van der Waals surface area contributed by atoms with Gasteiger partial charge in [-0.25, -0.2) is 13.2 Å². The van der Waals surface area contributed by atoms with Crippen LogP contribution in [0.1, 0.15) is 49.9 Å². The van der Waals surface area contributed by atoms with E-state index in [-0.39, 0.29) is 22.1 Å². The molecule has 0 aliphatic carbocycles. The van der Waals surface area contributed by atoms with Gasteiger partial charge in [-0.15, -0.1) is 0 Å². The zero-order valence-corrected chi connectivity index (χ0v) is 20.2. The van der Waals surface area contributed by atoms with E-state index in [1.165, 1.54) is 30.5 Å². The summed E-state index contributed by atoms with van der Waals surface area (Å²) in [5.74, 6) is -0.252. The summed E-state index contributed by atoms with van der Waals surface area (Å²) in [4.78, 5) is 24.9. The van der Waals surface area contributed by atoms with Crippen molar-refractivity contribution in [3.63, 3.8) is 0 Å². The maximum absolute atomic E-state index is 12.8. The lowest BCUT2D eigenvalue weighted by Gasteiger charge is -2.20. The lowest BCUT2D eigenvalue weighted by atomic mass is 10.2. The van der Waals surface area contributed by atoms with E-state index in [1.807, 2.05) is 0 Å².